The predicted octanol–water partition coefficient (Wildman–Crippen LogP) is 4.42. The lowest BCUT2D eigenvalue weighted by molar-refractivity contribution is 0.0697. The van der Waals surface area contributed by atoms with Gasteiger partial charge in [0.25, 0.3) is 0 Å². The van der Waals surface area contributed by atoms with Gasteiger partial charge in [0.2, 0.25) is 0 Å². The largest absolute Gasteiger partial charge is 0.508 e. The average molecular weight is 290 g/mol. The van der Waals surface area contributed by atoms with Gasteiger partial charge in [-0.15, -0.1) is 0 Å². The van der Waals surface area contributed by atoms with Crippen molar-refractivity contribution in [2.45, 2.75) is 0 Å². The first-order chi connectivity index (χ1) is 10.6. The second-order valence-electron chi connectivity index (χ2n) is 5.01. The number of phenols is 1. The van der Waals surface area contributed by atoms with Crippen molar-refractivity contribution in [1.82, 2.24) is 0 Å². The number of carboxylic acid groups (broad SMARTS) is 1. The second kappa shape index (κ2) is 5.74. The molecule has 0 bridgehead atoms. The Morgan fingerprint density at radius 2 is 0.909 bits per heavy atom. The third kappa shape index (κ3) is 2.83. The normalized spacial score (nSPS) is 10.4. The van der Waals surface area contributed by atoms with E-state index in [1.165, 1.54) is 0 Å². The van der Waals surface area contributed by atoms with Crippen molar-refractivity contribution in [3.05, 3.63) is 78.4 Å². The summed E-state index contributed by atoms with van der Waals surface area (Å²) in [5, 5.41) is 18.2. The minimum atomic E-state index is -0.922. The molecule has 0 spiro atoms. The zero-order valence-corrected chi connectivity index (χ0v) is 11.7. The van der Waals surface area contributed by atoms with Gasteiger partial charge in [-0.1, -0.05) is 48.5 Å². The van der Waals surface area contributed by atoms with Gasteiger partial charge in [0.05, 0.1) is 5.56 Å². The molecule has 3 aromatic rings. The lowest BCUT2D eigenvalue weighted by Gasteiger charge is -2.06. The minimum absolute atomic E-state index is 0.249. The average Bonchev–Trinajstić information content (AvgIpc) is 2.56. The van der Waals surface area contributed by atoms with E-state index in [0.29, 0.717) is 0 Å². The molecule has 0 fully saturated rings. The Hall–Kier alpha value is -3.07. The van der Waals surface area contributed by atoms with Crippen molar-refractivity contribution in [2.24, 2.45) is 0 Å². The fourth-order valence-corrected chi connectivity index (χ4v) is 2.31. The Morgan fingerprint density at radius 3 is 1.27 bits per heavy atom. The zero-order valence-electron chi connectivity index (χ0n) is 11.7. The third-order valence-electron chi connectivity index (χ3n) is 3.55. The molecular formula is C19H14O3. The van der Waals surface area contributed by atoms with E-state index in [1.54, 1.807) is 36.4 Å². The van der Waals surface area contributed by atoms with Crippen LogP contribution in [0.4, 0.5) is 0 Å². The van der Waals surface area contributed by atoms with Crippen molar-refractivity contribution < 1.29 is 15.0 Å². The van der Waals surface area contributed by atoms with E-state index in [-0.39, 0.29) is 11.3 Å². The summed E-state index contributed by atoms with van der Waals surface area (Å²) in [5.74, 6) is -0.673. The number of carboxylic acids is 1. The van der Waals surface area contributed by atoms with Crippen molar-refractivity contribution in [2.75, 3.05) is 0 Å². The monoisotopic (exact) mass is 290 g/mol. The van der Waals surface area contributed by atoms with E-state index >= 15 is 0 Å². The molecule has 0 aliphatic carbocycles. The number of phenolic OH excluding ortho intramolecular Hbond substituents is 1. The van der Waals surface area contributed by atoms with Gasteiger partial charge in [-0.25, -0.2) is 4.79 Å². The molecule has 0 heterocycles. The zero-order chi connectivity index (χ0) is 15.5. The van der Waals surface area contributed by atoms with E-state index in [9.17, 15) is 9.90 Å². The van der Waals surface area contributed by atoms with Gasteiger partial charge < -0.3 is 10.2 Å². The molecule has 0 aliphatic heterocycles. The Balaban J connectivity index is 1.87. The van der Waals surface area contributed by atoms with Gasteiger partial charge in [0.15, 0.2) is 0 Å². The highest BCUT2D eigenvalue weighted by molar-refractivity contribution is 5.88. The third-order valence-corrected chi connectivity index (χ3v) is 3.55. The predicted molar refractivity (Wildman–Crippen MR) is 85.9 cm³/mol. The van der Waals surface area contributed by atoms with Crippen molar-refractivity contribution in [3.8, 4) is 28.0 Å². The lowest BCUT2D eigenvalue weighted by atomic mass is 9.99. The molecule has 108 valence electrons. The van der Waals surface area contributed by atoms with Crippen molar-refractivity contribution in [3.63, 3.8) is 0 Å². The molecule has 0 aliphatic rings. The first-order valence-electron chi connectivity index (χ1n) is 6.87. The molecule has 0 saturated carbocycles. The van der Waals surface area contributed by atoms with Crippen LogP contribution in [0.15, 0.2) is 72.8 Å². The number of hydrogen-bond acceptors (Lipinski definition) is 2. The summed E-state index contributed by atoms with van der Waals surface area (Å²) in [6.07, 6.45) is 0. The van der Waals surface area contributed by atoms with Crippen molar-refractivity contribution >= 4 is 5.97 Å². The fourth-order valence-electron chi connectivity index (χ4n) is 2.31. The summed E-state index contributed by atoms with van der Waals surface area (Å²) < 4.78 is 0. The van der Waals surface area contributed by atoms with E-state index in [2.05, 4.69) is 0 Å². The molecule has 3 heteroatoms. The number of benzene rings is 3. The van der Waals surface area contributed by atoms with Crippen LogP contribution in [0.1, 0.15) is 10.4 Å². The topological polar surface area (TPSA) is 57.5 Å². The number of carbonyl (C=O) groups is 1. The number of hydrogen-bond donors (Lipinski definition) is 2. The van der Waals surface area contributed by atoms with Gasteiger partial charge in [0.1, 0.15) is 5.75 Å². The summed E-state index contributed by atoms with van der Waals surface area (Å²) in [7, 11) is 0. The van der Waals surface area contributed by atoms with E-state index in [4.69, 9.17) is 5.11 Å². The number of aromatic carboxylic acids is 1. The highest BCUT2D eigenvalue weighted by atomic mass is 16.4. The van der Waals surface area contributed by atoms with Crippen LogP contribution in [-0.2, 0) is 0 Å². The van der Waals surface area contributed by atoms with Crippen LogP contribution in [0.2, 0.25) is 0 Å². The first-order valence-corrected chi connectivity index (χ1v) is 6.87. The van der Waals surface area contributed by atoms with Crippen LogP contribution in [0.3, 0.4) is 0 Å². The molecule has 0 radical (unpaired) electrons. The number of rotatable bonds is 3. The van der Waals surface area contributed by atoms with E-state index in [1.807, 2.05) is 36.4 Å². The Labute approximate surface area is 128 Å². The molecule has 3 nitrogen and oxygen atoms in total. The Kier molecular flexibility index (Phi) is 3.62. The van der Waals surface area contributed by atoms with Crippen LogP contribution in [-0.4, -0.2) is 16.2 Å². The van der Waals surface area contributed by atoms with Crippen LogP contribution in [0, 0.1) is 0 Å². The molecule has 3 rings (SSSR count). The summed E-state index contributed by atoms with van der Waals surface area (Å²) in [6, 6.07) is 21.9. The smallest absolute Gasteiger partial charge is 0.335 e. The molecule has 0 atom stereocenters. The molecule has 0 saturated heterocycles. The fraction of sp³-hybridized carbons (Fsp3) is 0. The first kappa shape index (κ1) is 13.9. The Morgan fingerprint density at radius 1 is 0.591 bits per heavy atom. The Bertz CT molecular complexity index is 786. The molecule has 0 aromatic heterocycles. The summed E-state index contributed by atoms with van der Waals surface area (Å²) in [4.78, 5) is 10.9. The molecule has 2 N–H and O–H groups in total. The van der Waals surface area contributed by atoms with Crippen LogP contribution in [0.5, 0.6) is 5.75 Å². The van der Waals surface area contributed by atoms with E-state index < -0.39 is 5.97 Å². The molecule has 0 amide bonds. The quantitative estimate of drug-likeness (QED) is 0.750. The standard InChI is InChI=1S/C19H14O3/c20-18-11-9-16(10-12-18)14-3-1-13(2-4-14)15-5-7-17(8-6-15)19(21)22/h1-12,20H,(H,21,22). The van der Waals surface area contributed by atoms with Gasteiger partial charge >= 0.3 is 5.97 Å². The maximum Gasteiger partial charge on any atom is 0.335 e. The summed E-state index contributed by atoms with van der Waals surface area (Å²) in [5.41, 5.74) is 4.38. The van der Waals surface area contributed by atoms with Gasteiger partial charge in [-0.2, -0.15) is 0 Å². The summed E-state index contributed by atoms with van der Waals surface area (Å²) in [6.45, 7) is 0. The highest BCUT2D eigenvalue weighted by Crippen LogP contribution is 2.26. The van der Waals surface area contributed by atoms with Crippen LogP contribution < -0.4 is 0 Å². The van der Waals surface area contributed by atoms with Gasteiger partial charge in [0, 0.05) is 0 Å². The maximum absolute atomic E-state index is 10.9. The number of aromatic hydroxyl groups is 1. The SMILES string of the molecule is O=C(O)c1ccc(-c2ccc(-c3ccc(O)cc3)cc2)cc1. The van der Waals surface area contributed by atoms with Crippen LogP contribution in [0.25, 0.3) is 22.3 Å². The highest BCUT2D eigenvalue weighted by Gasteiger charge is 2.04. The van der Waals surface area contributed by atoms with Gasteiger partial charge in [-0.05, 0) is 46.5 Å². The summed E-state index contributed by atoms with van der Waals surface area (Å²) >= 11 is 0. The molecule has 3 aromatic carbocycles. The van der Waals surface area contributed by atoms with Crippen molar-refractivity contribution in [1.29, 1.82) is 0 Å². The lowest BCUT2D eigenvalue weighted by Crippen LogP contribution is -1.94. The van der Waals surface area contributed by atoms with E-state index in [0.717, 1.165) is 22.3 Å². The minimum Gasteiger partial charge on any atom is -0.508 e. The molecular weight excluding hydrogens is 276 g/mol. The molecule has 0 unspecified atom stereocenters. The van der Waals surface area contributed by atoms with Gasteiger partial charge in [-0.3, -0.25) is 0 Å². The maximum atomic E-state index is 10.9. The van der Waals surface area contributed by atoms with Crippen LogP contribution >= 0.6 is 0 Å². The second-order valence-corrected chi connectivity index (χ2v) is 5.01. The molecule has 22 heavy (non-hydrogen) atoms.